The van der Waals surface area contributed by atoms with Gasteiger partial charge in [0.15, 0.2) is 5.82 Å². The van der Waals surface area contributed by atoms with Gasteiger partial charge in [0, 0.05) is 31.7 Å². The lowest BCUT2D eigenvalue weighted by atomic mass is 10.1. The van der Waals surface area contributed by atoms with Gasteiger partial charge in [-0.25, -0.2) is 8.42 Å². The normalized spacial score (nSPS) is 15.4. The summed E-state index contributed by atoms with van der Waals surface area (Å²) in [6.07, 6.45) is 0. The van der Waals surface area contributed by atoms with Crippen LogP contribution in [0.25, 0.3) is 11.3 Å². The first-order chi connectivity index (χ1) is 14.4. The molecular weight excluding hydrogens is 396 g/mol. The van der Waals surface area contributed by atoms with E-state index in [-0.39, 0.29) is 0 Å². The highest BCUT2D eigenvalue weighted by atomic mass is 32.2. The summed E-state index contributed by atoms with van der Waals surface area (Å²) in [6.45, 7) is 7.75. The lowest BCUT2D eigenvalue weighted by Gasteiger charge is -2.35. The van der Waals surface area contributed by atoms with Gasteiger partial charge in [-0.1, -0.05) is 48.0 Å². The fourth-order valence-electron chi connectivity index (χ4n) is 4.12. The molecule has 7 heteroatoms. The largest absolute Gasteiger partial charge is 0.352 e. The molecule has 1 aromatic heterocycles. The lowest BCUT2D eigenvalue weighted by Crippen LogP contribution is -2.49. The average molecular weight is 423 g/mol. The Bertz CT molecular complexity index is 1110. The van der Waals surface area contributed by atoms with Gasteiger partial charge in [0.05, 0.1) is 10.6 Å². The summed E-state index contributed by atoms with van der Waals surface area (Å²) in [7, 11) is -3.52. The zero-order chi connectivity index (χ0) is 21.3. The maximum atomic E-state index is 13.3. The lowest BCUT2D eigenvalue weighted by molar-refractivity contribution is 0.383. The molecule has 6 nitrogen and oxygen atoms in total. The van der Waals surface area contributed by atoms with Crippen molar-refractivity contribution in [1.82, 2.24) is 14.5 Å². The Hall–Kier alpha value is -2.77. The zero-order valence-corrected chi connectivity index (χ0v) is 18.4. The number of rotatable bonds is 4. The Balaban J connectivity index is 1.48. The summed E-state index contributed by atoms with van der Waals surface area (Å²) in [5.41, 5.74) is 4.53. The highest BCUT2D eigenvalue weighted by Crippen LogP contribution is 2.27. The van der Waals surface area contributed by atoms with Gasteiger partial charge in [0.1, 0.15) is 0 Å². The van der Waals surface area contributed by atoms with E-state index in [9.17, 15) is 8.42 Å². The van der Waals surface area contributed by atoms with Crippen LogP contribution >= 0.6 is 0 Å². The van der Waals surface area contributed by atoms with Gasteiger partial charge in [-0.05, 0) is 44.0 Å². The predicted molar refractivity (Wildman–Crippen MR) is 119 cm³/mol. The minimum atomic E-state index is -3.52. The first-order valence-corrected chi connectivity index (χ1v) is 11.5. The summed E-state index contributed by atoms with van der Waals surface area (Å²) in [6, 6.07) is 17.7. The first kappa shape index (κ1) is 20.5. The van der Waals surface area contributed by atoms with E-state index < -0.39 is 10.0 Å². The molecule has 1 saturated heterocycles. The van der Waals surface area contributed by atoms with Crippen molar-refractivity contribution in [2.24, 2.45) is 0 Å². The highest BCUT2D eigenvalue weighted by Gasteiger charge is 2.31. The van der Waals surface area contributed by atoms with Gasteiger partial charge < -0.3 is 4.90 Å². The molecule has 1 aliphatic rings. The highest BCUT2D eigenvalue weighted by molar-refractivity contribution is 7.89. The minimum Gasteiger partial charge on any atom is -0.352 e. The molecule has 0 aliphatic carbocycles. The topological polar surface area (TPSA) is 66.4 Å². The van der Waals surface area contributed by atoms with E-state index in [2.05, 4.69) is 15.1 Å². The third-order valence-corrected chi connectivity index (χ3v) is 7.69. The number of hydrogen-bond acceptors (Lipinski definition) is 5. The smallest absolute Gasteiger partial charge is 0.243 e. The van der Waals surface area contributed by atoms with Crippen molar-refractivity contribution in [2.45, 2.75) is 25.7 Å². The fraction of sp³-hybridized carbons (Fsp3) is 0.304. The minimum absolute atomic E-state index is 0.428. The van der Waals surface area contributed by atoms with E-state index >= 15 is 0 Å². The molecule has 0 radical (unpaired) electrons. The zero-order valence-electron chi connectivity index (χ0n) is 17.5. The number of benzene rings is 2. The molecule has 1 fully saturated rings. The van der Waals surface area contributed by atoms with Crippen molar-refractivity contribution in [3.63, 3.8) is 0 Å². The summed E-state index contributed by atoms with van der Waals surface area (Å²) in [5, 5.41) is 8.72. The van der Waals surface area contributed by atoms with Crippen LogP contribution in [-0.2, 0) is 10.0 Å². The Morgan fingerprint density at radius 3 is 2.00 bits per heavy atom. The number of aryl methyl sites for hydroxylation is 3. The fourth-order valence-corrected chi connectivity index (χ4v) is 5.95. The van der Waals surface area contributed by atoms with Crippen LogP contribution in [0.15, 0.2) is 59.5 Å². The molecule has 4 rings (SSSR count). The molecule has 0 spiro atoms. The number of piperazine rings is 1. The average Bonchev–Trinajstić information content (AvgIpc) is 2.74. The molecule has 156 valence electrons. The number of anilines is 1. The van der Waals surface area contributed by atoms with Crippen LogP contribution in [0.3, 0.4) is 0 Å². The van der Waals surface area contributed by atoms with Gasteiger partial charge >= 0.3 is 0 Å². The summed E-state index contributed by atoms with van der Waals surface area (Å²) < 4.78 is 28.1. The maximum absolute atomic E-state index is 13.3. The van der Waals surface area contributed by atoms with Crippen molar-refractivity contribution in [3.8, 4) is 11.3 Å². The Morgan fingerprint density at radius 1 is 0.800 bits per heavy atom. The van der Waals surface area contributed by atoms with Crippen molar-refractivity contribution in [3.05, 3.63) is 71.3 Å². The first-order valence-electron chi connectivity index (χ1n) is 10.1. The van der Waals surface area contributed by atoms with Gasteiger partial charge in [0.25, 0.3) is 0 Å². The van der Waals surface area contributed by atoms with Gasteiger partial charge in [-0.15, -0.1) is 10.2 Å². The Kier molecular flexibility index (Phi) is 5.58. The Labute approximate surface area is 178 Å². The van der Waals surface area contributed by atoms with Crippen LogP contribution in [0.2, 0.25) is 0 Å². The third-order valence-electron chi connectivity index (χ3n) is 5.49. The standard InChI is InChI=1S/C23H26N4O2S/c1-17-15-18(2)23(19(3)16-17)30(28,29)27-13-11-26(12-14-27)22-10-9-21(24-25-22)20-7-5-4-6-8-20/h4-10,15-16H,11-14H2,1-3H3. The summed E-state index contributed by atoms with van der Waals surface area (Å²) >= 11 is 0. The van der Waals surface area contributed by atoms with E-state index in [0.29, 0.717) is 31.1 Å². The van der Waals surface area contributed by atoms with Crippen LogP contribution in [-0.4, -0.2) is 49.1 Å². The molecule has 0 atom stereocenters. The number of nitrogens with zero attached hydrogens (tertiary/aromatic N) is 4. The van der Waals surface area contributed by atoms with E-state index in [1.165, 1.54) is 0 Å². The Morgan fingerprint density at radius 2 is 1.43 bits per heavy atom. The van der Waals surface area contributed by atoms with Crippen LogP contribution in [0.5, 0.6) is 0 Å². The van der Waals surface area contributed by atoms with Crippen molar-refractivity contribution in [2.75, 3.05) is 31.1 Å². The van der Waals surface area contributed by atoms with Gasteiger partial charge in [-0.3, -0.25) is 0 Å². The van der Waals surface area contributed by atoms with Gasteiger partial charge in [0.2, 0.25) is 10.0 Å². The van der Waals surface area contributed by atoms with Crippen LogP contribution in [0, 0.1) is 20.8 Å². The van der Waals surface area contributed by atoms with Crippen LogP contribution < -0.4 is 4.90 Å². The van der Waals surface area contributed by atoms with Crippen molar-refractivity contribution < 1.29 is 8.42 Å². The third kappa shape index (κ3) is 3.95. The van der Waals surface area contributed by atoms with E-state index in [0.717, 1.165) is 33.8 Å². The monoisotopic (exact) mass is 422 g/mol. The molecule has 3 aromatic rings. The molecule has 1 aliphatic heterocycles. The number of aromatic nitrogens is 2. The molecule has 0 unspecified atom stereocenters. The van der Waals surface area contributed by atoms with Gasteiger partial charge in [-0.2, -0.15) is 4.31 Å². The van der Waals surface area contributed by atoms with Crippen molar-refractivity contribution >= 4 is 15.8 Å². The summed E-state index contributed by atoms with van der Waals surface area (Å²) in [5.74, 6) is 0.773. The molecule has 0 bridgehead atoms. The molecular formula is C23H26N4O2S. The molecule has 2 heterocycles. The maximum Gasteiger partial charge on any atom is 0.243 e. The SMILES string of the molecule is Cc1cc(C)c(S(=O)(=O)N2CCN(c3ccc(-c4ccccc4)nn3)CC2)c(C)c1. The quantitative estimate of drug-likeness (QED) is 0.643. The summed E-state index contributed by atoms with van der Waals surface area (Å²) in [4.78, 5) is 2.52. The van der Waals surface area contributed by atoms with Crippen molar-refractivity contribution in [1.29, 1.82) is 0 Å². The molecule has 0 saturated carbocycles. The molecule has 0 amide bonds. The second-order valence-electron chi connectivity index (χ2n) is 7.76. The second kappa shape index (κ2) is 8.16. The van der Waals surface area contributed by atoms with E-state index in [1.54, 1.807) is 4.31 Å². The van der Waals surface area contributed by atoms with Crippen LogP contribution in [0.1, 0.15) is 16.7 Å². The molecule has 30 heavy (non-hydrogen) atoms. The number of hydrogen-bond donors (Lipinski definition) is 0. The van der Waals surface area contributed by atoms with Crippen LogP contribution in [0.4, 0.5) is 5.82 Å². The number of sulfonamides is 1. The molecule has 0 N–H and O–H groups in total. The second-order valence-corrected chi connectivity index (χ2v) is 9.64. The predicted octanol–water partition coefficient (Wildman–Crippen LogP) is 3.58. The molecule has 2 aromatic carbocycles. The van der Waals surface area contributed by atoms with E-state index in [4.69, 9.17) is 0 Å². The van der Waals surface area contributed by atoms with E-state index in [1.807, 2.05) is 75.4 Å².